The molecule has 1 unspecified atom stereocenters. The number of fused-ring (bicyclic) bond motifs is 2. The third kappa shape index (κ3) is 5.79. The molecule has 1 aliphatic heterocycles. The predicted molar refractivity (Wildman–Crippen MR) is 155 cm³/mol. The topological polar surface area (TPSA) is 94.6 Å². The zero-order valence-corrected chi connectivity index (χ0v) is 22.6. The third-order valence-electron chi connectivity index (χ3n) is 7.14. The highest BCUT2D eigenvalue weighted by Gasteiger charge is 2.31. The summed E-state index contributed by atoms with van der Waals surface area (Å²) in [5.74, 6) is 0.706. The van der Waals surface area contributed by atoms with Crippen LogP contribution in [0.4, 0.5) is 0 Å². The van der Waals surface area contributed by atoms with Gasteiger partial charge in [0.25, 0.3) is 0 Å². The van der Waals surface area contributed by atoms with Gasteiger partial charge in [-0.2, -0.15) is 5.26 Å². The Balaban J connectivity index is 1.34. The smallest absolute Gasteiger partial charge is 0.344 e. The number of hydrogen-bond acceptors (Lipinski definition) is 6. The maximum absolute atomic E-state index is 13.1. The molecule has 4 aromatic carbocycles. The average Bonchev–Trinajstić information content (AvgIpc) is 2.98. The van der Waals surface area contributed by atoms with Crippen molar-refractivity contribution in [1.82, 2.24) is 0 Å². The first-order valence-corrected chi connectivity index (χ1v) is 13.7. The molecule has 1 heterocycles. The molecule has 0 bridgehead atoms. The summed E-state index contributed by atoms with van der Waals surface area (Å²) in [7, 11) is 0. The minimum Gasteiger partial charge on any atom is -0.494 e. The van der Waals surface area contributed by atoms with Crippen molar-refractivity contribution in [2.45, 2.75) is 44.9 Å². The number of rotatable bonds is 10. The highest BCUT2D eigenvalue weighted by atomic mass is 16.5. The largest absolute Gasteiger partial charge is 0.494 e. The van der Waals surface area contributed by atoms with E-state index in [1.54, 1.807) is 18.2 Å². The SMILES string of the molecule is CCCCCCCOc1ccc(C2C(C#N)=C(N)Oc3cc(OC(=O)c4cccc5ccccc45)ccc32)cc1. The molecule has 0 radical (unpaired) electrons. The van der Waals surface area contributed by atoms with E-state index in [9.17, 15) is 10.1 Å². The number of benzene rings is 4. The van der Waals surface area contributed by atoms with Gasteiger partial charge in [0.1, 0.15) is 28.9 Å². The standard InChI is InChI=1S/C34H32N2O4/c1-2-3-4-5-8-20-38-25-16-14-24(15-17-25)32-29-19-18-26(21-31(29)40-33(36)30(32)22-35)39-34(37)28-13-9-11-23-10-6-7-12-27(23)28/h6-7,9-19,21,32H,2-5,8,20,36H2,1H3. The van der Waals surface area contributed by atoms with Crippen LogP contribution in [0, 0.1) is 11.3 Å². The second kappa shape index (κ2) is 12.4. The first kappa shape index (κ1) is 26.8. The lowest BCUT2D eigenvalue weighted by molar-refractivity contribution is 0.0736. The Labute approximate surface area is 234 Å². The van der Waals surface area contributed by atoms with E-state index < -0.39 is 11.9 Å². The maximum Gasteiger partial charge on any atom is 0.344 e. The molecule has 4 aromatic rings. The van der Waals surface area contributed by atoms with Gasteiger partial charge in [-0.3, -0.25) is 0 Å². The van der Waals surface area contributed by atoms with Gasteiger partial charge in [0.2, 0.25) is 5.88 Å². The van der Waals surface area contributed by atoms with E-state index in [1.807, 2.05) is 66.7 Å². The van der Waals surface area contributed by atoms with Crippen LogP contribution >= 0.6 is 0 Å². The van der Waals surface area contributed by atoms with E-state index in [0.29, 0.717) is 29.2 Å². The molecule has 0 amide bonds. The number of allylic oxidation sites excluding steroid dienone is 1. The van der Waals surface area contributed by atoms with Crippen molar-refractivity contribution in [2.75, 3.05) is 6.61 Å². The Bertz CT molecular complexity index is 1580. The molecular weight excluding hydrogens is 500 g/mol. The zero-order valence-electron chi connectivity index (χ0n) is 22.6. The molecule has 0 saturated heterocycles. The quantitative estimate of drug-likeness (QED) is 0.128. The van der Waals surface area contributed by atoms with Crippen molar-refractivity contribution >= 4 is 16.7 Å². The van der Waals surface area contributed by atoms with Gasteiger partial charge in [-0.1, -0.05) is 87.2 Å². The number of esters is 1. The van der Waals surface area contributed by atoms with E-state index in [-0.39, 0.29) is 5.88 Å². The summed E-state index contributed by atoms with van der Waals surface area (Å²) in [6.07, 6.45) is 5.91. The summed E-state index contributed by atoms with van der Waals surface area (Å²) in [6, 6.07) is 28.3. The minimum absolute atomic E-state index is 0.0323. The summed E-state index contributed by atoms with van der Waals surface area (Å²) in [5, 5.41) is 11.7. The Morgan fingerprint density at radius 1 is 0.925 bits per heavy atom. The van der Waals surface area contributed by atoms with Gasteiger partial charge in [0, 0.05) is 11.6 Å². The highest BCUT2D eigenvalue weighted by Crippen LogP contribution is 2.43. The molecule has 0 fully saturated rings. The van der Waals surface area contributed by atoms with Crippen molar-refractivity contribution in [3.63, 3.8) is 0 Å². The van der Waals surface area contributed by atoms with Crippen LogP contribution in [-0.4, -0.2) is 12.6 Å². The summed E-state index contributed by atoms with van der Waals surface area (Å²) in [5.41, 5.74) is 8.64. The summed E-state index contributed by atoms with van der Waals surface area (Å²) in [4.78, 5) is 13.1. The fourth-order valence-corrected chi connectivity index (χ4v) is 5.06. The monoisotopic (exact) mass is 532 g/mol. The van der Waals surface area contributed by atoms with Crippen LogP contribution in [0.15, 0.2) is 96.4 Å². The van der Waals surface area contributed by atoms with E-state index in [2.05, 4.69) is 13.0 Å². The van der Waals surface area contributed by atoms with Gasteiger partial charge in [0.05, 0.1) is 18.1 Å². The van der Waals surface area contributed by atoms with Gasteiger partial charge in [-0.05, 0) is 47.0 Å². The normalized spacial score (nSPS) is 14.2. The number of nitrogens with two attached hydrogens (primary N) is 1. The maximum atomic E-state index is 13.1. The molecule has 1 aliphatic rings. The molecular formula is C34H32N2O4. The summed E-state index contributed by atoms with van der Waals surface area (Å²) >= 11 is 0. The van der Waals surface area contributed by atoms with Crippen molar-refractivity contribution in [3.05, 3.63) is 113 Å². The minimum atomic E-state index is -0.466. The molecule has 1 atom stereocenters. The van der Waals surface area contributed by atoms with Crippen LogP contribution in [-0.2, 0) is 0 Å². The Kier molecular flexibility index (Phi) is 8.32. The number of nitrogens with zero attached hydrogens (tertiary/aromatic N) is 1. The number of unbranched alkanes of at least 4 members (excludes halogenated alkanes) is 4. The third-order valence-corrected chi connectivity index (χ3v) is 7.14. The van der Waals surface area contributed by atoms with Gasteiger partial charge in [-0.25, -0.2) is 4.79 Å². The zero-order chi connectivity index (χ0) is 27.9. The van der Waals surface area contributed by atoms with Gasteiger partial charge >= 0.3 is 5.97 Å². The van der Waals surface area contributed by atoms with Crippen LogP contribution in [0.25, 0.3) is 10.8 Å². The van der Waals surface area contributed by atoms with Crippen LogP contribution in [0.5, 0.6) is 17.2 Å². The first-order chi connectivity index (χ1) is 19.6. The number of carbonyl (C=O) groups is 1. The number of ether oxygens (including phenoxy) is 3. The number of nitriles is 1. The second-order valence-electron chi connectivity index (χ2n) is 9.87. The lowest BCUT2D eigenvalue weighted by Gasteiger charge is -2.27. The Morgan fingerprint density at radius 3 is 2.48 bits per heavy atom. The van der Waals surface area contributed by atoms with Crippen molar-refractivity contribution < 1.29 is 19.0 Å². The van der Waals surface area contributed by atoms with Crippen LogP contribution in [0.3, 0.4) is 0 Å². The highest BCUT2D eigenvalue weighted by molar-refractivity contribution is 6.05. The Morgan fingerprint density at radius 2 is 1.68 bits per heavy atom. The molecule has 40 heavy (non-hydrogen) atoms. The molecule has 2 N–H and O–H groups in total. The summed E-state index contributed by atoms with van der Waals surface area (Å²) in [6.45, 7) is 2.89. The second-order valence-corrected chi connectivity index (χ2v) is 9.87. The molecule has 6 nitrogen and oxygen atoms in total. The van der Waals surface area contributed by atoms with E-state index >= 15 is 0 Å². The number of hydrogen-bond donors (Lipinski definition) is 1. The van der Waals surface area contributed by atoms with Gasteiger partial charge in [0.15, 0.2) is 0 Å². The van der Waals surface area contributed by atoms with Gasteiger partial charge in [-0.15, -0.1) is 0 Å². The van der Waals surface area contributed by atoms with Gasteiger partial charge < -0.3 is 19.9 Å². The van der Waals surface area contributed by atoms with Crippen LogP contribution < -0.4 is 19.9 Å². The average molecular weight is 533 g/mol. The molecule has 0 aromatic heterocycles. The Hall–Kier alpha value is -4.76. The van der Waals surface area contributed by atoms with Crippen LogP contribution in [0.1, 0.15) is 66.4 Å². The molecule has 5 rings (SSSR count). The van der Waals surface area contributed by atoms with Crippen LogP contribution in [0.2, 0.25) is 0 Å². The fourth-order valence-electron chi connectivity index (χ4n) is 5.06. The first-order valence-electron chi connectivity index (χ1n) is 13.7. The van der Waals surface area contributed by atoms with Crippen molar-refractivity contribution in [2.24, 2.45) is 5.73 Å². The lowest BCUT2D eigenvalue weighted by atomic mass is 9.83. The van der Waals surface area contributed by atoms with E-state index in [1.165, 1.54) is 25.7 Å². The lowest BCUT2D eigenvalue weighted by Crippen LogP contribution is -2.21. The molecule has 0 spiro atoms. The molecule has 6 heteroatoms. The molecule has 0 saturated carbocycles. The van der Waals surface area contributed by atoms with E-state index in [0.717, 1.165) is 34.1 Å². The van der Waals surface area contributed by atoms with Crippen molar-refractivity contribution in [1.29, 1.82) is 5.26 Å². The molecule has 0 aliphatic carbocycles. The number of carbonyl (C=O) groups excluding carboxylic acids is 1. The fraction of sp³-hybridized carbons (Fsp3) is 0.235. The predicted octanol–water partition coefficient (Wildman–Crippen LogP) is 7.63. The van der Waals surface area contributed by atoms with Crippen molar-refractivity contribution in [3.8, 4) is 23.3 Å². The van der Waals surface area contributed by atoms with E-state index in [4.69, 9.17) is 19.9 Å². The molecule has 202 valence electrons. The summed E-state index contributed by atoms with van der Waals surface area (Å²) < 4.78 is 17.5.